The number of hydrogen-bond acceptors (Lipinski definition) is 5. The largest absolute Gasteiger partial charge is 0.481 e. The van der Waals surface area contributed by atoms with Crippen LogP contribution < -0.4 is 5.32 Å². The monoisotopic (exact) mass is 380 g/mol. The number of carbonyl (C=O) groups is 2. The molecule has 1 aliphatic heterocycles. The van der Waals surface area contributed by atoms with Crippen molar-refractivity contribution in [1.29, 1.82) is 0 Å². The molecule has 2 N–H and O–H groups in total. The molecule has 2 heterocycles. The van der Waals surface area contributed by atoms with Crippen LogP contribution in [0.15, 0.2) is 24.3 Å². The van der Waals surface area contributed by atoms with Gasteiger partial charge in [0.1, 0.15) is 0 Å². The smallest absolute Gasteiger partial charge is 0.323 e. The number of halogens is 1. The second kappa shape index (κ2) is 7.37. The molecule has 0 bridgehead atoms. The minimum Gasteiger partial charge on any atom is -0.481 e. The maximum absolute atomic E-state index is 12.4. The average Bonchev–Trinajstić information content (AvgIpc) is 3.02. The molecule has 1 aromatic heterocycles. The van der Waals surface area contributed by atoms with E-state index >= 15 is 0 Å². The fourth-order valence-electron chi connectivity index (χ4n) is 2.89. The molecular formula is C16H17ClN4O3S. The van der Waals surface area contributed by atoms with Crippen molar-refractivity contribution >= 4 is 40.3 Å². The standard InChI is InChI=1S/C16H17ClN4O3S/c1-9-5-11(14(22)23)8-21(7-9)16(24)19-15-18-13(20-25-15)10-3-2-4-12(17)6-10/h2-4,6,9,11H,5,7-8H2,1H3,(H,22,23)(H,18,19,20,24). The zero-order valence-corrected chi connectivity index (χ0v) is 15.0. The van der Waals surface area contributed by atoms with Crippen molar-refractivity contribution in [3.05, 3.63) is 29.3 Å². The number of hydrogen-bond donors (Lipinski definition) is 2. The minimum absolute atomic E-state index is 0.136. The Morgan fingerprint density at radius 2 is 2.20 bits per heavy atom. The lowest BCUT2D eigenvalue weighted by Gasteiger charge is -2.34. The van der Waals surface area contributed by atoms with Gasteiger partial charge in [0, 0.05) is 35.2 Å². The fourth-order valence-corrected chi connectivity index (χ4v) is 3.66. The van der Waals surface area contributed by atoms with Gasteiger partial charge < -0.3 is 10.0 Å². The number of amides is 2. The number of carbonyl (C=O) groups excluding carboxylic acids is 1. The van der Waals surface area contributed by atoms with E-state index in [2.05, 4.69) is 14.7 Å². The molecule has 0 radical (unpaired) electrons. The lowest BCUT2D eigenvalue weighted by Crippen LogP contribution is -2.47. The van der Waals surface area contributed by atoms with Crippen molar-refractivity contribution in [3.63, 3.8) is 0 Å². The molecule has 1 saturated heterocycles. The molecule has 2 unspecified atom stereocenters. The molecule has 0 aliphatic carbocycles. The third-order valence-electron chi connectivity index (χ3n) is 4.02. The maximum atomic E-state index is 12.4. The highest BCUT2D eigenvalue weighted by atomic mass is 35.5. The van der Waals surface area contributed by atoms with E-state index in [9.17, 15) is 14.7 Å². The van der Waals surface area contributed by atoms with Gasteiger partial charge in [0.05, 0.1) is 5.92 Å². The third-order valence-corrected chi connectivity index (χ3v) is 4.88. The van der Waals surface area contributed by atoms with Crippen molar-refractivity contribution in [2.75, 3.05) is 18.4 Å². The van der Waals surface area contributed by atoms with Gasteiger partial charge in [-0.05, 0) is 24.5 Å². The Labute approximate surface area is 153 Å². The highest BCUT2D eigenvalue weighted by molar-refractivity contribution is 7.10. The van der Waals surface area contributed by atoms with Crippen LogP contribution in [0, 0.1) is 11.8 Å². The van der Waals surface area contributed by atoms with Crippen molar-refractivity contribution in [2.45, 2.75) is 13.3 Å². The highest BCUT2D eigenvalue weighted by Crippen LogP contribution is 2.25. The number of nitrogens with one attached hydrogen (secondary N) is 1. The lowest BCUT2D eigenvalue weighted by atomic mass is 9.91. The van der Waals surface area contributed by atoms with E-state index in [4.69, 9.17) is 11.6 Å². The fraction of sp³-hybridized carbons (Fsp3) is 0.375. The summed E-state index contributed by atoms with van der Waals surface area (Å²) in [5, 5.41) is 12.9. The highest BCUT2D eigenvalue weighted by Gasteiger charge is 2.32. The normalized spacial score (nSPS) is 20.3. The second-order valence-corrected chi connectivity index (χ2v) is 7.33. The topological polar surface area (TPSA) is 95.4 Å². The van der Waals surface area contributed by atoms with Crippen molar-refractivity contribution in [2.24, 2.45) is 11.8 Å². The summed E-state index contributed by atoms with van der Waals surface area (Å²) in [6, 6.07) is 6.79. The van der Waals surface area contributed by atoms with E-state index in [-0.39, 0.29) is 18.5 Å². The number of likely N-dealkylation sites (tertiary alicyclic amines) is 1. The summed E-state index contributed by atoms with van der Waals surface area (Å²) in [6.07, 6.45) is 0.580. The van der Waals surface area contributed by atoms with E-state index < -0.39 is 11.9 Å². The SMILES string of the molecule is CC1CC(C(=O)O)CN(C(=O)Nc2nc(-c3cccc(Cl)c3)ns2)C1. The summed E-state index contributed by atoms with van der Waals surface area (Å²) in [5.41, 5.74) is 0.766. The van der Waals surface area contributed by atoms with E-state index in [1.165, 1.54) is 4.90 Å². The second-order valence-electron chi connectivity index (χ2n) is 6.14. The van der Waals surface area contributed by atoms with Crippen molar-refractivity contribution < 1.29 is 14.7 Å². The quantitative estimate of drug-likeness (QED) is 0.850. The molecule has 3 rings (SSSR count). The van der Waals surface area contributed by atoms with Gasteiger partial charge in [-0.25, -0.2) is 4.79 Å². The Bertz CT molecular complexity index is 797. The van der Waals surface area contributed by atoms with E-state index in [1.54, 1.807) is 18.2 Å². The molecule has 9 heteroatoms. The summed E-state index contributed by atoms with van der Waals surface area (Å²) in [7, 11) is 0. The molecule has 0 spiro atoms. The number of piperidine rings is 1. The Kier molecular flexibility index (Phi) is 5.19. The summed E-state index contributed by atoms with van der Waals surface area (Å²) < 4.78 is 4.23. The van der Waals surface area contributed by atoms with Crippen LogP contribution in [0.4, 0.5) is 9.93 Å². The number of aliphatic carboxylic acids is 1. The molecule has 1 aliphatic rings. The average molecular weight is 381 g/mol. The first-order valence-corrected chi connectivity index (χ1v) is 8.96. The first-order chi connectivity index (χ1) is 11.9. The molecule has 2 aromatic rings. The molecule has 132 valence electrons. The minimum atomic E-state index is -0.872. The van der Waals surface area contributed by atoms with Gasteiger partial charge in [-0.2, -0.15) is 9.36 Å². The first-order valence-electron chi connectivity index (χ1n) is 7.80. The molecule has 2 atom stereocenters. The van der Waals surface area contributed by atoms with Gasteiger partial charge in [-0.1, -0.05) is 30.7 Å². The van der Waals surface area contributed by atoms with Gasteiger partial charge in [0.2, 0.25) is 5.13 Å². The van der Waals surface area contributed by atoms with Gasteiger partial charge in [-0.3, -0.25) is 10.1 Å². The summed E-state index contributed by atoms with van der Waals surface area (Å²) in [4.78, 5) is 29.5. The third kappa shape index (κ3) is 4.26. The van der Waals surface area contributed by atoms with E-state index in [1.807, 2.05) is 13.0 Å². The molecule has 1 fully saturated rings. The molecule has 7 nitrogen and oxygen atoms in total. The maximum Gasteiger partial charge on any atom is 0.323 e. The number of benzene rings is 1. The molecule has 1 aromatic carbocycles. The van der Waals surface area contributed by atoms with E-state index in [0.717, 1.165) is 17.1 Å². The van der Waals surface area contributed by atoms with Crippen LogP contribution in [0.5, 0.6) is 0 Å². The van der Waals surface area contributed by atoms with Crippen LogP contribution in [0.2, 0.25) is 5.02 Å². The number of rotatable bonds is 3. The first kappa shape index (κ1) is 17.6. The molecule has 2 amide bonds. The number of aromatic nitrogens is 2. The van der Waals surface area contributed by atoms with Gasteiger partial charge in [0.15, 0.2) is 5.82 Å². The zero-order chi connectivity index (χ0) is 18.0. The number of anilines is 1. The Morgan fingerprint density at radius 3 is 2.92 bits per heavy atom. The summed E-state index contributed by atoms with van der Waals surface area (Å²) >= 11 is 7.04. The lowest BCUT2D eigenvalue weighted by molar-refractivity contribution is -0.143. The predicted molar refractivity (Wildman–Crippen MR) is 95.9 cm³/mol. The molecule has 0 saturated carbocycles. The van der Waals surface area contributed by atoms with Gasteiger partial charge >= 0.3 is 12.0 Å². The van der Waals surface area contributed by atoms with Gasteiger partial charge in [-0.15, -0.1) is 0 Å². The number of carboxylic acid groups (broad SMARTS) is 1. The Balaban J connectivity index is 1.68. The van der Waals surface area contributed by atoms with Crippen LogP contribution in [-0.4, -0.2) is 44.5 Å². The number of urea groups is 1. The van der Waals surface area contributed by atoms with Crippen molar-refractivity contribution in [1.82, 2.24) is 14.3 Å². The summed E-state index contributed by atoms with van der Waals surface area (Å²) in [5.74, 6) is -0.787. The van der Waals surface area contributed by atoms with Crippen LogP contribution in [0.1, 0.15) is 13.3 Å². The molecular weight excluding hydrogens is 364 g/mol. The Hall–Kier alpha value is -2.19. The van der Waals surface area contributed by atoms with Crippen LogP contribution >= 0.6 is 23.1 Å². The zero-order valence-electron chi connectivity index (χ0n) is 13.5. The predicted octanol–water partition coefficient (Wildman–Crippen LogP) is 3.43. The van der Waals surface area contributed by atoms with Gasteiger partial charge in [0.25, 0.3) is 0 Å². The van der Waals surface area contributed by atoms with Crippen LogP contribution in [0.25, 0.3) is 11.4 Å². The number of nitrogens with zero attached hydrogens (tertiary/aromatic N) is 3. The van der Waals surface area contributed by atoms with Crippen molar-refractivity contribution in [3.8, 4) is 11.4 Å². The molecule has 25 heavy (non-hydrogen) atoms. The van der Waals surface area contributed by atoms with Crippen LogP contribution in [-0.2, 0) is 4.79 Å². The number of carboxylic acids is 1. The van der Waals surface area contributed by atoms with Crippen LogP contribution in [0.3, 0.4) is 0 Å². The van der Waals surface area contributed by atoms with E-state index in [0.29, 0.717) is 28.9 Å². The Morgan fingerprint density at radius 1 is 1.40 bits per heavy atom. The summed E-state index contributed by atoms with van der Waals surface area (Å²) in [6.45, 7) is 2.67.